The molecule has 0 saturated carbocycles. The van der Waals surface area contributed by atoms with Gasteiger partial charge >= 0.3 is 0 Å². The van der Waals surface area contributed by atoms with E-state index in [1.54, 1.807) is 18.2 Å². The molecule has 1 aromatic heterocycles. The fourth-order valence-corrected chi connectivity index (χ4v) is 2.53. The van der Waals surface area contributed by atoms with E-state index in [0.29, 0.717) is 23.6 Å². The lowest BCUT2D eigenvalue weighted by atomic mass is 10.1. The van der Waals surface area contributed by atoms with Crippen molar-refractivity contribution in [2.75, 3.05) is 5.73 Å². The number of hydrogen-bond acceptors (Lipinski definition) is 4. The van der Waals surface area contributed by atoms with Gasteiger partial charge in [0, 0.05) is 10.6 Å². The summed E-state index contributed by atoms with van der Waals surface area (Å²) in [5.41, 5.74) is 6.70. The molecule has 2 N–H and O–H groups in total. The van der Waals surface area contributed by atoms with Gasteiger partial charge in [0.25, 0.3) is 0 Å². The van der Waals surface area contributed by atoms with Crippen molar-refractivity contribution in [3.8, 4) is 5.75 Å². The van der Waals surface area contributed by atoms with Crippen molar-refractivity contribution in [3.63, 3.8) is 0 Å². The van der Waals surface area contributed by atoms with Crippen molar-refractivity contribution in [2.45, 2.75) is 13.5 Å². The van der Waals surface area contributed by atoms with Crippen LogP contribution < -0.4 is 10.5 Å². The summed E-state index contributed by atoms with van der Waals surface area (Å²) in [4.78, 5) is 12.5. The molecule has 0 spiro atoms. The quantitative estimate of drug-likeness (QED) is 0.686. The Morgan fingerprint density at radius 2 is 2.17 bits per heavy atom. The first-order chi connectivity index (χ1) is 8.56. The fourth-order valence-electron chi connectivity index (χ4n) is 1.53. The molecule has 94 valence electrons. The summed E-state index contributed by atoms with van der Waals surface area (Å²) in [6.45, 7) is 1.88. The Hall–Kier alpha value is -1.52. The zero-order chi connectivity index (χ0) is 13.1. The molecule has 2 aromatic rings. The van der Waals surface area contributed by atoms with Gasteiger partial charge in [0.05, 0.1) is 9.90 Å². The monoisotopic (exact) mass is 281 g/mol. The van der Waals surface area contributed by atoms with E-state index in [1.807, 2.05) is 12.1 Å². The Bertz CT molecular complexity index is 580. The van der Waals surface area contributed by atoms with Gasteiger partial charge in [-0.2, -0.15) is 0 Å². The van der Waals surface area contributed by atoms with Crippen LogP contribution in [-0.4, -0.2) is 5.78 Å². The number of benzene rings is 1. The molecule has 0 saturated heterocycles. The van der Waals surface area contributed by atoms with Crippen molar-refractivity contribution < 1.29 is 9.53 Å². The summed E-state index contributed by atoms with van der Waals surface area (Å²) in [7, 11) is 0. The lowest BCUT2D eigenvalue weighted by Gasteiger charge is -2.09. The van der Waals surface area contributed by atoms with Crippen LogP contribution in [0.4, 0.5) is 5.69 Å². The SMILES string of the molecule is CC(=O)c1cc(N)ccc1OCc1ccc(Cl)s1. The number of Topliss-reactive ketones (excluding diaryl/α,β-unsaturated/α-hetero) is 1. The molecule has 18 heavy (non-hydrogen) atoms. The predicted molar refractivity (Wildman–Crippen MR) is 74.5 cm³/mol. The topological polar surface area (TPSA) is 52.3 Å². The molecule has 0 aliphatic carbocycles. The van der Waals surface area contributed by atoms with E-state index < -0.39 is 0 Å². The number of halogens is 1. The maximum absolute atomic E-state index is 11.5. The third-order valence-electron chi connectivity index (χ3n) is 2.38. The minimum Gasteiger partial charge on any atom is -0.487 e. The van der Waals surface area contributed by atoms with Crippen LogP contribution >= 0.6 is 22.9 Å². The molecule has 0 atom stereocenters. The minimum absolute atomic E-state index is 0.0680. The van der Waals surface area contributed by atoms with E-state index in [4.69, 9.17) is 22.1 Å². The Balaban J connectivity index is 2.16. The second-order valence-corrected chi connectivity index (χ2v) is 5.61. The standard InChI is InChI=1S/C13H12ClNO2S/c1-8(16)11-6-9(15)2-4-12(11)17-7-10-3-5-13(14)18-10/h2-6H,7,15H2,1H3. The first-order valence-corrected chi connectivity index (χ1v) is 6.53. The van der Waals surface area contributed by atoms with Crippen molar-refractivity contribution >= 4 is 34.4 Å². The molecule has 1 heterocycles. The van der Waals surface area contributed by atoms with Gasteiger partial charge in [-0.1, -0.05) is 11.6 Å². The third kappa shape index (κ3) is 3.03. The Morgan fingerprint density at radius 3 is 2.78 bits per heavy atom. The van der Waals surface area contributed by atoms with Gasteiger partial charge in [-0.3, -0.25) is 4.79 Å². The zero-order valence-corrected chi connectivity index (χ0v) is 11.3. The second-order valence-electron chi connectivity index (χ2n) is 3.81. The number of ketones is 1. The molecule has 0 bridgehead atoms. The molecule has 2 rings (SSSR count). The third-order valence-corrected chi connectivity index (χ3v) is 3.59. The van der Waals surface area contributed by atoms with Gasteiger partial charge < -0.3 is 10.5 Å². The second kappa shape index (κ2) is 5.42. The Kier molecular flexibility index (Phi) is 3.89. The zero-order valence-electron chi connectivity index (χ0n) is 9.77. The van der Waals surface area contributed by atoms with E-state index >= 15 is 0 Å². The molecular formula is C13H12ClNO2S. The molecule has 0 unspecified atom stereocenters. The number of thiophene rings is 1. The van der Waals surface area contributed by atoms with Gasteiger partial charge in [0.15, 0.2) is 5.78 Å². The summed E-state index contributed by atoms with van der Waals surface area (Å²) in [6, 6.07) is 8.76. The number of carbonyl (C=O) groups is 1. The average Bonchev–Trinajstić information content (AvgIpc) is 2.73. The van der Waals surface area contributed by atoms with Crippen LogP contribution in [0.2, 0.25) is 4.34 Å². The van der Waals surface area contributed by atoms with Gasteiger partial charge in [0.1, 0.15) is 12.4 Å². The van der Waals surface area contributed by atoms with Gasteiger partial charge in [0.2, 0.25) is 0 Å². The van der Waals surface area contributed by atoms with Crippen LogP contribution in [-0.2, 0) is 6.61 Å². The van der Waals surface area contributed by atoms with Crippen LogP contribution in [0.5, 0.6) is 5.75 Å². The van der Waals surface area contributed by atoms with Crippen molar-refractivity contribution in [1.29, 1.82) is 0 Å². The number of ether oxygens (including phenoxy) is 1. The summed E-state index contributed by atoms with van der Waals surface area (Å²) >= 11 is 7.29. The molecule has 0 radical (unpaired) electrons. The number of rotatable bonds is 4. The van der Waals surface area contributed by atoms with Gasteiger partial charge in [-0.25, -0.2) is 0 Å². The highest BCUT2D eigenvalue weighted by molar-refractivity contribution is 7.16. The molecule has 0 fully saturated rings. The smallest absolute Gasteiger partial charge is 0.163 e. The molecular weight excluding hydrogens is 270 g/mol. The highest BCUT2D eigenvalue weighted by Gasteiger charge is 2.09. The summed E-state index contributed by atoms with van der Waals surface area (Å²) in [5, 5.41) is 0. The molecule has 5 heteroatoms. The van der Waals surface area contributed by atoms with Crippen LogP contribution in [0.15, 0.2) is 30.3 Å². The molecule has 1 aromatic carbocycles. The largest absolute Gasteiger partial charge is 0.487 e. The average molecular weight is 282 g/mol. The van der Waals surface area contributed by atoms with Crippen LogP contribution in [0, 0.1) is 0 Å². The van der Waals surface area contributed by atoms with E-state index in [1.165, 1.54) is 18.3 Å². The van der Waals surface area contributed by atoms with E-state index in [9.17, 15) is 4.79 Å². The maximum atomic E-state index is 11.5. The Morgan fingerprint density at radius 1 is 1.39 bits per heavy atom. The molecule has 3 nitrogen and oxygen atoms in total. The van der Waals surface area contributed by atoms with Crippen molar-refractivity contribution in [1.82, 2.24) is 0 Å². The van der Waals surface area contributed by atoms with Gasteiger partial charge in [-0.15, -0.1) is 11.3 Å². The normalized spacial score (nSPS) is 10.3. The molecule has 0 amide bonds. The first-order valence-electron chi connectivity index (χ1n) is 5.34. The number of nitrogen functional groups attached to an aromatic ring is 1. The highest BCUT2D eigenvalue weighted by Crippen LogP contribution is 2.26. The summed E-state index contributed by atoms with van der Waals surface area (Å²) in [5.74, 6) is 0.475. The molecule has 0 aliphatic heterocycles. The van der Waals surface area contributed by atoms with Crippen LogP contribution in [0.1, 0.15) is 22.2 Å². The fraction of sp³-hybridized carbons (Fsp3) is 0.154. The lowest BCUT2D eigenvalue weighted by Crippen LogP contribution is -2.01. The molecule has 0 aliphatic rings. The van der Waals surface area contributed by atoms with Gasteiger partial charge in [-0.05, 0) is 37.3 Å². The number of anilines is 1. The summed E-state index contributed by atoms with van der Waals surface area (Å²) in [6.07, 6.45) is 0. The Labute approximate surface area is 114 Å². The van der Waals surface area contributed by atoms with Crippen molar-refractivity contribution in [3.05, 3.63) is 45.1 Å². The highest BCUT2D eigenvalue weighted by atomic mass is 35.5. The van der Waals surface area contributed by atoms with Crippen molar-refractivity contribution in [2.24, 2.45) is 0 Å². The van der Waals surface area contributed by atoms with Crippen LogP contribution in [0.3, 0.4) is 0 Å². The minimum atomic E-state index is -0.0680. The predicted octanol–water partition coefficient (Wildman–Crippen LogP) is 3.77. The maximum Gasteiger partial charge on any atom is 0.163 e. The van der Waals surface area contributed by atoms with E-state index in [-0.39, 0.29) is 5.78 Å². The number of nitrogens with two attached hydrogens (primary N) is 1. The number of hydrogen-bond donors (Lipinski definition) is 1. The van der Waals surface area contributed by atoms with E-state index in [0.717, 1.165) is 9.21 Å². The van der Waals surface area contributed by atoms with Crippen LogP contribution in [0.25, 0.3) is 0 Å². The lowest BCUT2D eigenvalue weighted by molar-refractivity contribution is 0.101. The number of carbonyl (C=O) groups excluding carboxylic acids is 1. The first kappa shape index (κ1) is 12.9. The summed E-state index contributed by atoms with van der Waals surface area (Å²) < 4.78 is 6.35. The van der Waals surface area contributed by atoms with E-state index in [2.05, 4.69) is 0 Å².